The third-order valence-corrected chi connectivity index (χ3v) is 6.74. The van der Waals surface area contributed by atoms with Gasteiger partial charge < -0.3 is 20.3 Å². The van der Waals surface area contributed by atoms with E-state index in [1.807, 2.05) is 50.2 Å². The summed E-state index contributed by atoms with van der Waals surface area (Å²) in [6.45, 7) is 5.23. The summed E-state index contributed by atoms with van der Waals surface area (Å²) in [6.07, 6.45) is 6.68. The molecule has 2 heterocycles. The van der Waals surface area contributed by atoms with Gasteiger partial charge in [0.15, 0.2) is 0 Å². The number of hydrogen-bond donors (Lipinski definition) is 2. The van der Waals surface area contributed by atoms with Crippen molar-refractivity contribution in [2.45, 2.75) is 64.5 Å². The largest absolute Gasteiger partial charge is 0.347 e. The predicted molar refractivity (Wildman–Crippen MR) is 147 cm³/mol. The Morgan fingerprint density at radius 1 is 1.11 bits per heavy atom. The van der Waals surface area contributed by atoms with E-state index < -0.39 is 6.04 Å². The van der Waals surface area contributed by atoms with Crippen molar-refractivity contribution in [3.05, 3.63) is 59.9 Å². The minimum atomic E-state index is -0.763. The molecule has 0 bridgehead atoms. The molecule has 0 saturated carbocycles. The van der Waals surface area contributed by atoms with Crippen LogP contribution in [0.5, 0.6) is 0 Å². The molecule has 0 radical (unpaired) electrons. The first kappa shape index (κ1) is 28.8. The first-order valence-electron chi connectivity index (χ1n) is 13.3. The number of amides is 4. The maximum atomic E-state index is 13.0. The van der Waals surface area contributed by atoms with Gasteiger partial charge in [-0.3, -0.25) is 19.5 Å². The van der Waals surface area contributed by atoms with Crippen molar-refractivity contribution in [1.29, 1.82) is 0 Å². The topological polar surface area (TPSA) is 112 Å². The van der Waals surface area contributed by atoms with Crippen LogP contribution in [0.1, 0.15) is 50.7 Å². The SMILES string of the molecule is CC(C)C[C@@H](CC(=O)N[C@H](C=O)CCC(=O)N(C)CCc1ccncc1)NC(=O)N1CCc2ccccc21. The Morgan fingerprint density at radius 3 is 2.55 bits per heavy atom. The maximum Gasteiger partial charge on any atom is 0.322 e. The summed E-state index contributed by atoms with van der Waals surface area (Å²) < 4.78 is 0. The first-order chi connectivity index (χ1) is 18.3. The van der Waals surface area contributed by atoms with Crippen LogP contribution < -0.4 is 15.5 Å². The van der Waals surface area contributed by atoms with Crippen molar-refractivity contribution in [3.63, 3.8) is 0 Å². The van der Waals surface area contributed by atoms with Crippen LogP contribution in [0, 0.1) is 5.92 Å². The van der Waals surface area contributed by atoms with Crippen molar-refractivity contribution in [1.82, 2.24) is 20.5 Å². The number of para-hydroxylation sites is 1. The number of carbonyl (C=O) groups is 4. The van der Waals surface area contributed by atoms with Crippen LogP contribution in [-0.4, -0.2) is 66.2 Å². The normalized spacial score (nSPS) is 13.9. The molecule has 2 N–H and O–H groups in total. The second-order valence-corrected chi connectivity index (χ2v) is 10.3. The number of hydrogen-bond acceptors (Lipinski definition) is 5. The standard InChI is InChI=1S/C29H39N5O4/c1-21(2)18-25(32-29(38)34-17-13-23-6-4-5-7-26(23)34)19-27(36)31-24(20-35)8-9-28(37)33(3)16-12-22-10-14-30-15-11-22/h4-7,10-11,14-15,20-21,24-25H,8-9,12-13,16-19H2,1-3H3,(H,31,36)(H,32,38)/t24-,25-/m0/s1. The summed E-state index contributed by atoms with van der Waals surface area (Å²) in [5.41, 5.74) is 3.12. The van der Waals surface area contributed by atoms with E-state index in [0.717, 1.165) is 23.2 Å². The number of anilines is 1. The Bertz CT molecular complexity index is 1090. The van der Waals surface area contributed by atoms with Crippen molar-refractivity contribution in [2.75, 3.05) is 25.0 Å². The third kappa shape index (κ3) is 8.68. The van der Waals surface area contributed by atoms with Crippen LogP contribution >= 0.6 is 0 Å². The highest BCUT2D eigenvalue weighted by molar-refractivity contribution is 5.94. The zero-order chi connectivity index (χ0) is 27.5. The van der Waals surface area contributed by atoms with E-state index in [1.165, 1.54) is 0 Å². The smallest absolute Gasteiger partial charge is 0.322 e. The molecule has 0 saturated heterocycles. The van der Waals surface area contributed by atoms with Gasteiger partial charge in [0.1, 0.15) is 6.29 Å². The maximum absolute atomic E-state index is 13.0. The Kier molecular flexibility index (Phi) is 10.8. The van der Waals surface area contributed by atoms with E-state index in [4.69, 9.17) is 0 Å². The highest BCUT2D eigenvalue weighted by Crippen LogP contribution is 2.27. The van der Waals surface area contributed by atoms with Gasteiger partial charge in [0, 0.05) is 57.1 Å². The van der Waals surface area contributed by atoms with Crippen LogP contribution in [0.15, 0.2) is 48.8 Å². The minimum Gasteiger partial charge on any atom is -0.347 e. The van der Waals surface area contributed by atoms with Crippen molar-refractivity contribution in [3.8, 4) is 0 Å². The Labute approximate surface area is 225 Å². The lowest BCUT2D eigenvalue weighted by Gasteiger charge is -2.25. The number of likely N-dealkylation sites (N-methyl/N-ethyl adjacent to an activating group) is 1. The van der Waals surface area contributed by atoms with E-state index in [9.17, 15) is 19.2 Å². The molecule has 9 heteroatoms. The molecule has 0 spiro atoms. The summed E-state index contributed by atoms with van der Waals surface area (Å²) >= 11 is 0. The Morgan fingerprint density at radius 2 is 1.84 bits per heavy atom. The van der Waals surface area contributed by atoms with E-state index in [-0.39, 0.29) is 49.1 Å². The second kappa shape index (κ2) is 14.3. The van der Waals surface area contributed by atoms with Crippen LogP contribution in [0.4, 0.5) is 10.5 Å². The molecule has 0 fully saturated rings. The third-order valence-electron chi connectivity index (χ3n) is 6.74. The van der Waals surface area contributed by atoms with Crippen LogP contribution in [-0.2, 0) is 27.2 Å². The molecule has 3 rings (SSSR count). The van der Waals surface area contributed by atoms with Gasteiger partial charge in [0.2, 0.25) is 11.8 Å². The van der Waals surface area contributed by atoms with Gasteiger partial charge in [-0.25, -0.2) is 4.79 Å². The number of carbonyl (C=O) groups excluding carboxylic acids is 4. The van der Waals surface area contributed by atoms with Gasteiger partial charge >= 0.3 is 6.03 Å². The van der Waals surface area contributed by atoms with E-state index in [0.29, 0.717) is 32.2 Å². The molecule has 4 amide bonds. The average molecular weight is 522 g/mol. The monoisotopic (exact) mass is 521 g/mol. The van der Waals surface area contributed by atoms with E-state index >= 15 is 0 Å². The number of urea groups is 1. The Hall–Kier alpha value is -3.75. The summed E-state index contributed by atoms with van der Waals surface area (Å²) in [5.74, 6) is -0.148. The van der Waals surface area contributed by atoms with Crippen molar-refractivity contribution < 1.29 is 19.2 Å². The van der Waals surface area contributed by atoms with Crippen LogP contribution in [0.3, 0.4) is 0 Å². The fraction of sp³-hybridized carbons (Fsp3) is 0.483. The molecule has 1 aliphatic heterocycles. The lowest BCUT2D eigenvalue weighted by atomic mass is 10.0. The number of nitrogens with one attached hydrogen (secondary N) is 2. The first-order valence-corrected chi connectivity index (χ1v) is 13.3. The number of nitrogens with zero attached hydrogens (tertiary/aromatic N) is 3. The van der Waals surface area contributed by atoms with Crippen LogP contribution in [0.25, 0.3) is 0 Å². The summed E-state index contributed by atoms with van der Waals surface area (Å²) in [5, 5.41) is 5.75. The summed E-state index contributed by atoms with van der Waals surface area (Å²) in [6, 6.07) is 10.3. The molecule has 204 valence electrons. The minimum absolute atomic E-state index is 0.0591. The van der Waals surface area contributed by atoms with Gasteiger partial charge in [-0.1, -0.05) is 32.0 Å². The highest BCUT2D eigenvalue weighted by Gasteiger charge is 2.27. The predicted octanol–water partition coefficient (Wildman–Crippen LogP) is 3.12. The molecule has 2 aromatic rings. The second-order valence-electron chi connectivity index (χ2n) is 10.3. The molecule has 0 unspecified atom stereocenters. The van der Waals surface area contributed by atoms with E-state index in [2.05, 4.69) is 15.6 Å². The van der Waals surface area contributed by atoms with Crippen molar-refractivity contribution >= 4 is 29.8 Å². The summed E-state index contributed by atoms with van der Waals surface area (Å²) in [4.78, 5) is 57.4. The molecular weight excluding hydrogens is 482 g/mol. The molecule has 2 atom stereocenters. The zero-order valence-corrected chi connectivity index (χ0v) is 22.6. The number of pyridine rings is 1. The number of fused-ring (bicyclic) bond motifs is 1. The molecule has 1 aliphatic rings. The molecular formula is C29H39N5O4. The highest BCUT2D eigenvalue weighted by atomic mass is 16.2. The lowest BCUT2D eigenvalue weighted by molar-refractivity contribution is -0.130. The number of aldehydes is 1. The van der Waals surface area contributed by atoms with Crippen LogP contribution in [0.2, 0.25) is 0 Å². The lowest BCUT2D eigenvalue weighted by Crippen LogP contribution is -2.47. The number of aromatic nitrogens is 1. The van der Waals surface area contributed by atoms with E-state index in [1.54, 1.807) is 29.2 Å². The average Bonchev–Trinajstić information content (AvgIpc) is 3.34. The molecule has 0 aliphatic carbocycles. The molecule has 9 nitrogen and oxygen atoms in total. The van der Waals surface area contributed by atoms with Gasteiger partial charge in [-0.2, -0.15) is 0 Å². The Balaban J connectivity index is 1.47. The fourth-order valence-corrected chi connectivity index (χ4v) is 4.67. The zero-order valence-electron chi connectivity index (χ0n) is 22.6. The molecule has 38 heavy (non-hydrogen) atoms. The van der Waals surface area contributed by atoms with Gasteiger partial charge in [-0.15, -0.1) is 0 Å². The quantitative estimate of drug-likeness (QED) is 0.394. The molecule has 1 aromatic heterocycles. The van der Waals surface area contributed by atoms with Crippen molar-refractivity contribution in [2.24, 2.45) is 5.92 Å². The van der Waals surface area contributed by atoms with Gasteiger partial charge in [-0.05, 0) is 60.9 Å². The number of rotatable bonds is 13. The van der Waals surface area contributed by atoms with Gasteiger partial charge in [0.05, 0.1) is 6.04 Å². The summed E-state index contributed by atoms with van der Waals surface area (Å²) in [7, 11) is 1.73. The fourth-order valence-electron chi connectivity index (χ4n) is 4.67. The van der Waals surface area contributed by atoms with Gasteiger partial charge in [0.25, 0.3) is 0 Å². The number of benzene rings is 1. The molecule has 1 aromatic carbocycles.